The van der Waals surface area contributed by atoms with Crippen LogP contribution in [-0.4, -0.2) is 21.9 Å². The number of amides is 1. The second-order valence-electron chi connectivity index (χ2n) is 6.97. The lowest BCUT2D eigenvalue weighted by Crippen LogP contribution is -2.35. The molecule has 158 valence electrons. The minimum atomic E-state index is -4.54. The summed E-state index contributed by atoms with van der Waals surface area (Å²) in [7, 11) is 0. The number of aryl methyl sites for hydroxylation is 1. The molecule has 2 atom stereocenters. The molecule has 3 heterocycles. The van der Waals surface area contributed by atoms with Crippen molar-refractivity contribution >= 4 is 40.4 Å². The maximum Gasteiger partial charge on any atom is 0.410 e. The SMILES string of the molecule is CCc1ccc(NC(=O)c2nn3c(c2Cl)N[C@@H](c2cccs2)C[C@H]3C(F)(F)F)cc1. The van der Waals surface area contributed by atoms with Gasteiger partial charge in [-0.1, -0.05) is 36.7 Å². The molecule has 0 saturated carbocycles. The zero-order valence-electron chi connectivity index (χ0n) is 15.8. The summed E-state index contributed by atoms with van der Waals surface area (Å²) in [5.74, 6) is -0.670. The van der Waals surface area contributed by atoms with Crippen LogP contribution in [-0.2, 0) is 6.42 Å². The second kappa shape index (κ2) is 7.96. The van der Waals surface area contributed by atoms with Crippen LogP contribution >= 0.6 is 22.9 Å². The van der Waals surface area contributed by atoms with Crippen LogP contribution in [0.5, 0.6) is 0 Å². The van der Waals surface area contributed by atoms with E-state index in [-0.39, 0.29) is 23.0 Å². The van der Waals surface area contributed by atoms with Gasteiger partial charge in [0.05, 0.1) is 6.04 Å². The highest BCUT2D eigenvalue weighted by atomic mass is 35.5. The summed E-state index contributed by atoms with van der Waals surface area (Å²) in [6, 6.07) is 8.27. The minimum Gasteiger partial charge on any atom is -0.361 e. The Bertz CT molecular complexity index is 1050. The molecule has 1 aliphatic heterocycles. The van der Waals surface area contributed by atoms with Gasteiger partial charge >= 0.3 is 6.18 Å². The van der Waals surface area contributed by atoms with E-state index in [0.717, 1.165) is 21.5 Å². The molecule has 3 aromatic rings. The fraction of sp³-hybridized carbons (Fsp3) is 0.300. The lowest BCUT2D eigenvalue weighted by Gasteiger charge is -2.32. The van der Waals surface area contributed by atoms with Crippen molar-refractivity contribution in [2.24, 2.45) is 0 Å². The van der Waals surface area contributed by atoms with Gasteiger partial charge in [-0.2, -0.15) is 18.3 Å². The molecule has 0 fully saturated rings. The number of hydrogen-bond acceptors (Lipinski definition) is 4. The minimum absolute atomic E-state index is 0.00452. The average Bonchev–Trinajstić information content (AvgIpc) is 3.36. The number of benzene rings is 1. The number of alkyl halides is 3. The molecule has 1 aromatic carbocycles. The summed E-state index contributed by atoms with van der Waals surface area (Å²) in [5.41, 5.74) is 1.36. The number of thiophene rings is 1. The predicted molar refractivity (Wildman–Crippen MR) is 111 cm³/mol. The Morgan fingerprint density at radius 3 is 2.67 bits per heavy atom. The predicted octanol–water partition coefficient (Wildman–Crippen LogP) is 6.07. The third kappa shape index (κ3) is 3.91. The number of fused-ring (bicyclic) bond motifs is 1. The first kappa shape index (κ1) is 20.7. The van der Waals surface area contributed by atoms with E-state index in [4.69, 9.17) is 11.6 Å². The number of nitrogens with zero attached hydrogens (tertiary/aromatic N) is 2. The van der Waals surface area contributed by atoms with Crippen molar-refractivity contribution in [3.05, 3.63) is 62.9 Å². The van der Waals surface area contributed by atoms with Crippen LogP contribution in [0.4, 0.5) is 24.7 Å². The van der Waals surface area contributed by atoms with Crippen LogP contribution < -0.4 is 10.6 Å². The number of nitrogens with one attached hydrogen (secondary N) is 2. The van der Waals surface area contributed by atoms with Crippen LogP contribution in [0.1, 0.15) is 46.4 Å². The normalized spacial score (nSPS) is 18.6. The van der Waals surface area contributed by atoms with Gasteiger partial charge in [-0.15, -0.1) is 11.3 Å². The molecule has 0 aliphatic carbocycles. The molecule has 1 aliphatic rings. The molecule has 0 bridgehead atoms. The van der Waals surface area contributed by atoms with E-state index in [9.17, 15) is 18.0 Å². The highest BCUT2D eigenvalue weighted by molar-refractivity contribution is 7.10. The van der Waals surface area contributed by atoms with Gasteiger partial charge in [-0.3, -0.25) is 4.79 Å². The fourth-order valence-corrected chi connectivity index (χ4v) is 4.48. The second-order valence-corrected chi connectivity index (χ2v) is 8.32. The maximum atomic E-state index is 13.8. The van der Waals surface area contributed by atoms with Crippen molar-refractivity contribution in [3.63, 3.8) is 0 Å². The van der Waals surface area contributed by atoms with Crippen LogP contribution in [0.3, 0.4) is 0 Å². The zero-order chi connectivity index (χ0) is 21.5. The number of rotatable bonds is 4. The summed E-state index contributed by atoms with van der Waals surface area (Å²) in [4.78, 5) is 13.5. The summed E-state index contributed by atoms with van der Waals surface area (Å²) in [6.45, 7) is 2.01. The average molecular weight is 455 g/mol. The molecule has 0 radical (unpaired) electrons. The topological polar surface area (TPSA) is 59.0 Å². The van der Waals surface area contributed by atoms with Crippen molar-refractivity contribution < 1.29 is 18.0 Å². The molecule has 0 saturated heterocycles. The van der Waals surface area contributed by atoms with Crippen LogP contribution in [0.2, 0.25) is 5.02 Å². The monoisotopic (exact) mass is 454 g/mol. The number of halogens is 4. The molecule has 0 spiro atoms. The van der Waals surface area contributed by atoms with Gasteiger partial charge in [0.25, 0.3) is 5.91 Å². The zero-order valence-corrected chi connectivity index (χ0v) is 17.4. The van der Waals surface area contributed by atoms with Crippen molar-refractivity contribution in [2.75, 3.05) is 10.6 Å². The summed E-state index contributed by atoms with van der Waals surface area (Å²) >= 11 is 7.68. The fourth-order valence-electron chi connectivity index (χ4n) is 3.42. The van der Waals surface area contributed by atoms with E-state index in [1.165, 1.54) is 11.3 Å². The van der Waals surface area contributed by atoms with Crippen molar-refractivity contribution in [1.82, 2.24) is 9.78 Å². The van der Waals surface area contributed by atoms with Crippen LogP contribution in [0.25, 0.3) is 0 Å². The largest absolute Gasteiger partial charge is 0.410 e. The lowest BCUT2D eigenvalue weighted by molar-refractivity contribution is -0.173. The van der Waals surface area contributed by atoms with Gasteiger partial charge in [-0.25, -0.2) is 4.68 Å². The van der Waals surface area contributed by atoms with Crippen molar-refractivity contribution in [2.45, 2.75) is 38.0 Å². The first-order valence-corrected chi connectivity index (χ1v) is 10.6. The Hall–Kier alpha value is -2.52. The van der Waals surface area contributed by atoms with Gasteiger partial charge in [0.15, 0.2) is 11.7 Å². The summed E-state index contributed by atoms with van der Waals surface area (Å²) in [6.07, 6.45) is -3.93. The van der Waals surface area contributed by atoms with Gasteiger partial charge < -0.3 is 10.6 Å². The third-order valence-corrected chi connectivity index (χ3v) is 6.36. The standard InChI is InChI=1S/C20H18ClF3N4OS/c1-2-11-5-7-12(8-6-11)25-19(29)17-16(21)18-26-13(14-4-3-9-30-14)10-15(20(22,23)24)28(18)27-17/h3-9,13,15,26H,2,10H2,1H3,(H,25,29)/t13-,15+/m1/s1. The molecule has 2 aromatic heterocycles. The Kier molecular flexibility index (Phi) is 5.50. The Balaban J connectivity index is 1.66. The molecule has 4 rings (SSSR count). The first-order chi connectivity index (χ1) is 14.3. The Labute approximate surface area is 179 Å². The number of anilines is 2. The molecule has 2 N–H and O–H groups in total. The quantitative estimate of drug-likeness (QED) is 0.502. The lowest BCUT2D eigenvalue weighted by atomic mass is 10.0. The Morgan fingerprint density at radius 1 is 1.33 bits per heavy atom. The maximum absolute atomic E-state index is 13.8. The third-order valence-electron chi connectivity index (χ3n) is 5.02. The smallest absolute Gasteiger partial charge is 0.361 e. The van der Waals surface area contributed by atoms with Crippen LogP contribution in [0, 0.1) is 0 Å². The highest BCUT2D eigenvalue weighted by Crippen LogP contribution is 2.46. The van der Waals surface area contributed by atoms with Crippen LogP contribution in [0.15, 0.2) is 41.8 Å². The van der Waals surface area contributed by atoms with Gasteiger partial charge in [0.2, 0.25) is 0 Å². The highest BCUT2D eigenvalue weighted by Gasteiger charge is 2.48. The molecule has 0 unspecified atom stereocenters. The van der Waals surface area contributed by atoms with E-state index < -0.39 is 24.2 Å². The van der Waals surface area contributed by atoms with Crippen molar-refractivity contribution in [3.8, 4) is 0 Å². The molecule has 30 heavy (non-hydrogen) atoms. The van der Waals surface area contributed by atoms with Gasteiger partial charge in [-0.05, 0) is 35.6 Å². The van der Waals surface area contributed by atoms with Gasteiger partial charge in [0, 0.05) is 17.0 Å². The molecule has 10 heteroatoms. The van der Waals surface area contributed by atoms with E-state index in [0.29, 0.717) is 5.69 Å². The molecular formula is C20H18ClF3N4OS. The molecule has 1 amide bonds. The number of carbonyl (C=O) groups is 1. The molecule has 5 nitrogen and oxygen atoms in total. The first-order valence-electron chi connectivity index (χ1n) is 9.33. The van der Waals surface area contributed by atoms with E-state index in [1.54, 1.807) is 29.6 Å². The van der Waals surface area contributed by atoms with Gasteiger partial charge in [0.1, 0.15) is 10.8 Å². The number of aromatic nitrogens is 2. The summed E-state index contributed by atoms with van der Waals surface area (Å²) in [5, 5.41) is 11.3. The number of hydrogen-bond donors (Lipinski definition) is 2. The molecular weight excluding hydrogens is 437 g/mol. The number of carbonyl (C=O) groups excluding carboxylic acids is 1. The van der Waals surface area contributed by atoms with Crippen molar-refractivity contribution in [1.29, 1.82) is 0 Å². The van der Waals surface area contributed by atoms with E-state index in [1.807, 2.05) is 19.1 Å². The van der Waals surface area contributed by atoms with E-state index >= 15 is 0 Å². The Morgan fingerprint density at radius 2 is 2.07 bits per heavy atom. The summed E-state index contributed by atoms with van der Waals surface area (Å²) < 4.78 is 42.1. The van der Waals surface area contributed by atoms with E-state index in [2.05, 4.69) is 15.7 Å².